The number of thiazole rings is 1. The number of nitrogens with zero attached hydrogens (tertiary/aromatic N) is 5. The summed E-state index contributed by atoms with van der Waals surface area (Å²) in [5.74, 6) is 0.0696. The van der Waals surface area contributed by atoms with Crippen LogP contribution in [0.4, 0.5) is 5.88 Å². The molecule has 0 saturated carbocycles. The number of amides is 5. The summed E-state index contributed by atoms with van der Waals surface area (Å²) in [5.41, 5.74) is 5.72. The van der Waals surface area contributed by atoms with E-state index < -0.39 is 30.3 Å². The molecule has 3 aliphatic rings. The molecular weight excluding hydrogens is 975 g/mol. The van der Waals surface area contributed by atoms with E-state index >= 15 is 0 Å². The van der Waals surface area contributed by atoms with Gasteiger partial charge in [0.1, 0.15) is 36.4 Å². The Morgan fingerprint density at radius 1 is 0.905 bits per heavy atom. The summed E-state index contributed by atoms with van der Waals surface area (Å²) < 4.78 is 34.7. The van der Waals surface area contributed by atoms with Gasteiger partial charge in [0.2, 0.25) is 23.6 Å². The van der Waals surface area contributed by atoms with Crippen molar-refractivity contribution < 1.29 is 62.3 Å². The molecule has 3 aliphatic heterocycles. The second-order valence-electron chi connectivity index (χ2n) is 18.5. The SMILES string of the molecule is C=CC(=O)N1CCN(c2ccc(CCC(=O)NCCOCCOCCOCCOCCOc3cc(-c4scnc4C)ccc3CNC(=O)[C@@H]3C[C@@H](O)CN3C(=O)[C@H](C(C)C)N3Cc4ccccc4C3=O)o2)C(O)C1. The molecule has 0 bridgehead atoms. The van der Waals surface area contributed by atoms with Crippen LogP contribution in [0.1, 0.15) is 59.6 Å². The molecule has 2 saturated heterocycles. The predicted molar refractivity (Wildman–Crippen MR) is 274 cm³/mol. The van der Waals surface area contributed by atoms with Crippen molar-refractivity contribution in [1.29, 1.82) is 0 Å². The highest BCUT2D eigenvalue weighted by Gasteiger charge is 2.46. The van der Waals surface area contributed by atoms with Crippen molar-refractivity contribution in [3.05, 3.63) is 101 Å². The summed E-state index contributed by atoms with van der Waals surface area (Å²) in [7, 11) is 0. The normalized spacial score (nSPS) is 18.0. The fourth-order valence-electron chi connectivity index (χ4n) is 9.18. The Morgan fingerprint density at radius 3 is 2.30 bits per heavy atom. The van der Waals surface area contributed by atoms with Crippen molar-refractivity contribution in [3.8, 4) is 16.2 Å². The highest BCUT2D eigenvalue weighted by Crippen LogP contribution is 2.33. The molecule has 20 nitrogen and oxygen atoms in total. The van der Waals surface area contributed by atoms with Crippen LogP contribution in [0.2, 0.25) is 0 Å². The minimum atomic E-state index is -0.921. The molecule has 2 aromatic carbocycles. The van der Waals surface area contributed by atoms with Crippen LogP contribution in [0.15, 0.2) is 77.2 Å². The van der Waals surface area contributed by atoms with Gasteiger partial charge in [-0.3, -0.25) is 24.0 Å². The Kier molecular flexibility index (Phi) is 20.5. The van der Waals surface area contributed by atoms with E-state index in [2.05, 4.69) is 22.2 Å². The molecule has 21 heteroatoms. The van der Waals surface area contributed by atoms with Gasteiger partial charge in [0.15, 0.2) is 5.88 Å². The van der Waals surface area contributed by atoms with E-state index in [1.165, 1.54) is 27.2 Å². The fourth-order valence-corrected chi connectivity index (χ4v) is 9.98. The number of carbonyl (C=O) groups is 5. The largest absolute Gasteiger partial charge is 0.491 e. The maximum absolute atomic E-state index is 14.2. The number of aliphatic hydroxyl groups excluding tert-OH is 2. The average molecular weight is 1040 g/mol. The van der Waals surface area contributed by atoms with Crippen LogP contribution in [-0.4, -0.2) is 176 Å². The van der Waals surface area contributed by atoms with Gasteiger partial charge < -0.3 is 68.5 Å². The van der Waals surface area contributed by atoms with Crippen molar-refractivity contribution in [2.24, 2.45) is 5.92 Å². The number of likely N-dealkylation sites (tertiary alicyclic amines) is 1. The Labute approximate surface area is 435 Å². The lowest BCUT2D eigenvalue weighted by Crippen LogP contribution is -2.55. The minimum Gasteiger partial charge on any atom is -0.491 e. The van der Waals surface area contributed by atoms with E-state index in [9.17, 15) is 34.2 Å². The zero-order chi connectivity index (χ0) is 52.6. The third kappa shape index (κ3) is 14.8. The molecule has 5 amide bonds. The first-order valence-corrected chi connectivity index (χ1v) is 26.0. The number of β-amino-alcohol motifs (C(OH)–C–C–N with tert-alkyl or cyclic N) is 2. The first kappa shape index (κ1) is 55.5. The monoisotopic (exact) mass is 1040 g/mol. The number of hydrogen-bond acceptors (Lipinski definition) is 16. The molecule has 7 rings (SSSR count). The lowest BCUT2D eigenvalue weighted by molar-refractivity contribution is -0.143. The number of benzene rings is 2. The van der Waals surface area contributed by atoms with Gasteiger partial charge in [-0.1, -0.05) is 50.8 Å². The average Bonchev–Trinajstić information content (AvgIpc) is 4.21. The fraction of sp³-hybridized carbons (Fsp3) is 0.509. The molecule has 2 aromatic heterocycles. The van der Waals surface area contributed by atoms with Crippen LogP contribution < -0.4 is 20.3 Å². The first-order chi connectivity index (χ1) is 35.8. The van der Waals surface area contributed by atoms with Crippen LogP contribution in [0.25, 0.3) is 10.4 Å². The summed E-state index contributed by atoms with van der Waals surface area (Å²) in [6, 6.07) is 14.9. The summed E-state index contributed by atoms with van der Waals surface area (Å²) in [5, 5.41) is 27.0. The Balaban J connectivity index is 0.751. The number of anilines is 1. The Hall–Kier alpha value is -6.20. The Morgan fingerprint density at radius 2 is 1.62 bits per heavy atom. The number of aryl methyl sites for hydroxylation is 2. The summed E-state index contributed by atoms with van der Waals surface area (Å²) >= 11 is 1.52. The zero-order valence-electron chi connectivity index (χ0n) is 42.4. The quantitative estimate of drug-likeness (QED) is 0.0472. The molecule has 1 unspecified atom stereocenters. The number of nitrogens with one attached hydrogen (secondary N) is 2. The number of rotatable bonds is 28. The second kappa shape index (κ2) is 27.4. The molecule has 400 valence electrons. The number of fused-ring (bicyclic) bond motifs is 1. The zero-order valence-corrected chi connectivity index (χ0v) is 43.2. The van der Waals surface area contributed by atoms with Gasteiger partial charge in [0, 0.05) is 75.7 Å². The molecule has 0 aliphatic carbocycles. The van der Waals surface area contributed by atoms with E-state index in [1.54, 1.807) is 39.6 Å². The number of carbonyl (C=O) groups excluding carboxylic acids is 5. The number of aromatic nitrogens is 1. The first-order valence-electron chi connectivity index (χ1n) is 25.2. The van der Waals surface area contributed by atoms with Crippen LogP contribution in [0, 0.1) is 12.8 Å². The van der Waals surface area contributed by atoms with Crippen molar-refractivity contribution in [2.45, 2.75) is 77.5 Å². The van der Waals surface area contributed by atoms with E-state index in [4.69, 9.17) is 28.1 Å². The molecular formula is C53H69N7O13S. The second-order valence-corrected chi connectivity index (χ2v) is 19.4. The van der Waals surface area contributed by atoms with Crippen molar-refractivity contribution >= 4 is 46.8 Å². The molecule has 0 spiro atoms. The van der Waals surface area contributed by atoms with Crippen molar-refractivity contribution in [1.82, 2.24) is 30.3 Å². The third-order valence-electron chi connectivity index (χ3n) is 13.0. The molecule has 4 atom stereocenters. The molecule has 5 heterocycles. The number of hydrogen-bond donors (Lipinski definition) is 4. The Bertz CT molecular complexity index is 2530. The topological polar surface area (TPSA) is 235 Å². The number of aliphatic hydroxyl groups is 2. The highest BCUT2D eigenvalue weighted by molar-refractivity contribution is 7.13. The van der Waals surface area contributed by atoms with Gasteiger partial charge in [-0.15, -0.1) is 11.3 Å². The predicted octanol–water partition coefficient (Wildman–Crippen LogP) is 3.32. The van der Waals surface area contributed by atoms with Gasteiger partial charge in [-0.25, -0.2) is 4.98 Å². The maximum Gasteiger partial charge on any atom is 0.255 e. The van der Waals surface area contributed by atoms with Gasteiger partial charge >= 0.3 is 0 Å². The van der Waals surface area contributed by atoms with Crippen molar-refractivity contribution in [2.75, 3.05) is 97.1 Å². The van der Waals surface area contributed by atoms with Crippen molar-refractivity contribution in [3.63, 3.8) is 0 Å². The minimum absolute atomic E-state index is 0.0103. The number of ether oxygens (including phenoxy) is 5. The maximum atomic E-state index is 14.2. The van der Waals surface area contributed by atoms with E-state index in [-0.39, 0.29) is 75.2 Å². The van der Waals surface area contributed by atoms with E-state index in [0.29, 0.717) is 107 Å². The lowest BCUT2D eigenvalue weighted by Gasteiger charge is -2.38. The third-order valence-corrected chi connectivity index (χ3v) is 14.0. The van der Waals surface area contributed by atoms with Gasteiger partial charge in [0.25, 0.3) is 5.91 Å². The molecule has 4 N–H and O–H groups in total. The summed E-state index contributed by atoms with van der Waals surface area (Å²) in [6.07, 6.45) is 0.142. The van der Waals surface area contributed by atoms with Crippen LogP contribution in [0.5, 0.6) is 5.75 Å². The van der Waals surface area contributed by atoms with Gasteiger partial charge in [-0.05, 0) is 48.2 Å². The van der Waals surface area contributed by atoms with Gasteiger partial charge in [0.05, 0.1) is 81.6 Å². The molecule has 2 fully saturated rings. The number of furan rings is 1. The van der Waals surface area contributed by atoms with E-state index in [1.807, 2.05) is 51.1 Å². The van der Waals surface area contributed by atoms with Gasteiger partial charge in [-0.2, -0.15) is 0 Å². The number of piperazine rings is 1. The molecule has 74 heavy (non-hydrogen) atoms. The summed E-state index contributed by atoms with van der Waals surface area (Å²) in [4.78, 5) is 77.4. The van der Waals surface area contributed by atoms with Crippen LogP contribution >= 0.6 is 11.3 Å². The van der Waals surface area contributed by atoms with E-state index in [0.717, 1.165) is 21.7 Å². The molecule has 4 aromatic rings. The smallest absolute Gasteiger partial charge is 0.255 e. The molecule has 0 radical (unpaired) electrons. The highest BCUT2D eigenvalue weighted by atomic mass is 32.1. The van der Waals surface area contributed by atoms with Crippen LogP contribution in [-0.2, 0) is 57.6 Å². The lowest BCUT2D eigenvalue weighted by atomic mass is 10.0. The van der Waals surface area contributed by atoms with Crippen LogP contribution in [0.3, 0.4) is 0 Å². The summed E-state index contributed by atoms with van der Waals surface area (Å²) in [6.45, 7) is 14.0. The standard InChI is InChI=1S/C53H69N7O13S/c1-5-46(63)57-17-18-58(47(64)33-57)48-15-13-41(73-48)12-14-45(62)54-16-19-68-20-21-69-22-23-70-24-25-71-26-27-72-44-28-37(50-36(4)56-34-74-50)10-11-38(44)30-55-51(65)43-29-40(61)32-59(43)53(67)49(35(2)3)60-31-39-8-6-7-9-42(39)52(60)66/h5-11,13,15,28,34-35,40,43,47,49,61,64H,1,12,14,16-27,29-33H2,2-4H3,(H,54,62)(H,55,65)/t40-,43+,47?,49+/m1/s1.